The quantitative estimate of drug-likeness (QED) is 0.631. The first-order chi connectivity index (χ1) is 8.22. The zero-order valence-electron chi connectivity index (χ0n) is 9.38. The van der Waals surface area contributed by atoms with Gasteiger partial charge in [-0.15, -0.1) is 0 Å². The van der Waals surface area contributed by atoms with Crippen LogP contribution in [-0.4, -0.2) is 18.1 Å². The van der Waals surface area contributed by atoms with Gasteiger partial charge in [0.05, 0.1) is 7.11 Å². The molecule has 0 unspecified atom stereocenters. The summed E-state index contributed by atoms with van der Waals surface area (Å²) in [6, 6.07) is 10.9. The topological polar surface area (TPSA) is 65.2 Å². The average Bonchev–Trinajstić information content (AvgIpc) is 2.38. The fourth-order valence-corrected chi connectivity index (χ4v) is 1.57. The largest absolute Gasteiger partial charge is 0.464 e. The number of carbonyl (C=O) groups excluding carboxylic acids is 1. The van der Waals surface area contributed by atoms with Crippen LogP contribution in [0.5, 0.6) is 0 Å². The van der Waals surface area contributed by atoms with Gasteiger partial charge >= 0.3 is 5.97 Å². The fraction of sp³-hybridized carbons (Fsp3) is 0.0769. The Morgan fingerprint density at radius 3 is 2.76 bits per heavy atom. The van der Waals surface area contributed by atoms with E-state index < -0.39 is 5.97 Å². The first-order valence-corrected chi connectivity index (χ1v) is 5.11. The molecular formula is C13H12N2O2. The maximum absolute atomic E-state index is 11.4. The molecule has 17 heavy (non-hydrogen) atoms. The maximum Gasteiger partial charge on any atom is 0.356 e. The van der Waals surface area contributed by atoms with Gasteiger partial charge in [0.2, 0.25) is 0 Å². The SMILES string of the molecule is COC(=O)c1cc(-c2ccccc2N)ccn1. The number of methoxy groups -OCH3 is 1. The van der Waals surface area contributed by atoms with Crippen molar-refractivity contribution in [2.75, 3.05) is 12.8 Å². The molecule has 0 aliphatic carbocycles. The molecule has 1 heterocycles. The van der Waals surface area contributed by atoms with Crippen LogP contribution in [-0.2, 0) is 4.74 Å². The van der Waals surface area contributed by atoms with Gasteiger partial charge in [0.1, 0.15) is 5.69 Å². The van der Waals surface area contributed by atoms with Gasteiger partial charge < -0.3 is 10.5 Å². The number of anilines is 1. The van der Waals surface area contributed by atoms with Crippen LogP contribution in [0.15, 0.2) is 42.6 Å². The van der Waals surface area contributed by atoms with E-state index in [2.05, 4.69) is 9.72 Å². The Balaban J connectivity index is 2.47. The third-order valence-electron chi connectivity index (χ3n) is 2.43. The second-order valence-corrected chi connectivity index (χ2v) is 3.51. The van der Waals surface area contributed by atoms with E-state index in [4.69, 9.17) is 5.73 Å². The number of para-hydroxylation sites is 1. The van der Waals surface area contributed by atoms with Crippen LogP contribution in [0, 0.1) is 0 Å². The summed E-state index contributed by atoms with van der Waals surface area (Å²) in [6.07, 6.45) is 1.56. The van der Waals surface area contributed by atoms with Gasteiger partial charge in [0, 0.05) is 17.4 Å². The standard InChI is InChI=1S/C13H12N2O2/c1-17-13(16)12-8-9(6-7-15-12)10-4-2-3-5-11(10)14/h2-8H,14H2,1H3. The highest BCUT2D eigenvalue weighted by molar-refractivity contribution is 5.89. The lowest BCUT2D eigenvalue weighted by Crippen LogP contribution is -2.04. The summed E-state index contributed by atoms with van der Waals surface area (Å²) in [5.74, 6) is -0.457. The molecule has 0 aliphatic rings. The molecule has 0 amide bonds. The summed E-state index contributed by atoms with van der Waals surface area (Å²) in [7, 11) is 1.33. The predicted molar refractivity (Wildman–Crippen MR) is 65.4 cm³/mol. The minimum atomic E-state index is -0.457. The van der Waals surface area contributed by atoms with E-state index in [1.807, 2.05) is 24.3 Å². The van der Waals surface area contributed by atoms with Gasteiger partial charge in [-0.2, -0.15) is 0 Å². The first kappa shape index (κ1) is 11.1. The maximum atomic E-state index is 11.4. The minimum absolute atomic E-state index is 0.272. The fourth-order valence-electron chi connectivity index (χ4n) is 1.57. The highest BCUT2D eigenvalue weighted by Gasteiger charge is 2.09. The van der Waals surface area contributed by atoms with Gasteiger partial charge in [-0.05, 0) is 23.8 Å². The van der Waals surface area contributed by atoms with Crippen molar-refractivity contribution in [3.63, 3.8) is 0 Å². The molecule has 4 nitrogen and oxygen atoms in total. The molecule has 2 rings (SSSR count). The normalized spacial score (nSPS) is 9.94. The molecule has 0 saturated heterocycles. The van der Waals surface area contributed by atoms with E-state index in [-0.39, 0.29) is 5.69 Å². The highest BCUT2D eigenvalue weighted by atomic mass is 16.5. The number of hydrogen-bond donors (Lipinski definition) is 1. The second kappa shape index (κ2) is 4.65. The molecule has 0 radical (unpaired) electrons. The molecule has 1 aromatic carbocycles. The van der Waals surface area contributed by atoms with Crippen molar-refractivity contribution < 1.29 is 9.53 Å². The third-order valence-corrected chi connectivity index (χ3v) is 2.43. The van der Waals surface area contributed by atoms with Crippen LogP contribution >= 0.6 is 0 Å². The molecule has 0 aliphatic heterocycles. The Morgan fingerprint density at radius 1 is 1.29 bits per heavy atom. The van der Waals surface area contributed by atoms with E-state index in [1.54, 1.807) is 18.3 Å². The Kier molecular flexibility index (Phi) is 3.05. The molecule has 1 aromatic heterocycles. The minimum Gasteiger partial charge on any atom is -0.464 e. The molecule has 86 valence electrons. The van der Waals surface area contributed by atoms with Gasteiger partial charge in [0.25, 0.3) is 0 Å². The van der Waals surface area contributed by atoms with Gasteiger partial charge in [-0.3, -0.25) is 0 Å². The van der Waals surface area contributed by atoms with E-state index in [0.29, 0.717) is 5.69 Å². The lowest BCUT2D eigenvalue weighted by molar-refractivity contribution is 0.0594. The summed E-state index contributed by atoms with van der Waals surface area (Å²) in [4.78, 5) is 15.3. The van der Waals surface area contributed by atoms with Crippen molar-refractivity contribution in [1.29, 1.82) is 0 Å². The number of pyridine rings is 1. The predicted octanol–water partition coefficient (Wildman–Crippen LogP) is 2.12. The lowest BCUT2D eigenvalue weighted by atomic mass is 10.0. The molecule has 4 heteroatoms. The Morgan fingerprint density at radius 2 is 2.06 bits per heavy atom. The van der Waals surface area contributed by atoms with E-state index in [9.17, 15) is 4.79 Å². The molecular weight excluding hydrogens is 216 g/mol. The van der Waals surface area contributed by atoms with Crippen LogP contribution < -0.4 is 5.73 Å². The van der Waals surface area contributed by atoms with Crippen LogP contribution in [0.4, 0.5) is 5.69 Å². The van der Waals surface area contributed by atoms with Crippen LogP contribution in [0.2, 0.25) is 0 Å². The first-order valence-electron chi connectivity index (χ1n) is 5.11. The average molecular weight is 228 g/mol. The van der Waals surface area contributed by atoms with Crippen LogP contribution in [0.25, 0.3) is 11.1 Å². The third kappa shape index (κ3) is 2.25. The molecule has 2 N–H and O–H groups in total. The number of benzene rings is 1. The monoisotopic (exact) mass is 228 g/mol. The van der Waals surface area contributed by atoms with E-state index in [1.165, 1.54) is 7.11 Å². The number of carbonyl (C=O) groups is 1. The van der Waals surface area contributed by atoms with Crippen molar-refractivity contribution >= 4 is 11.7 Å². The summed E-state index contributed by atoms with van der Waals surface area (Å²) in [5, 5.41) is 0. The van der Waals surface area contributed by atoms with Crippen LogP contribution in [0.1, 0.15) is 10.5 Å². The van der Waals surface area contributed by atoms with Crippen molar-refractivity contribution in [3.8, 4) is 11.1 Å². The summed E-state index contributed by atoms with van der Waals surface area (Å²) in [6.45, 7) is 0. The van der Waals surface area contributed by atoms with Crippen molar-refractivity contribution in [3.05, 3.63) is 48.3 Å². The number of nitrogens with two attached hydrogens (primary N) is 1. The van der Waals surface area contributed by atoms with Gasteiger partial charge in [0.15, 0.2) is 0 Å². The lowest BCUT2D eigenvalue weighted by Gasteiger charge is -2.06. The number of nitrogens with zero attached hydrogens (tertiary/aromatic N) is 1. The molecule has 0 bridgehead atoms. The van der Waals surface area contributed by atoms with Gasteiger partial charge in [-0.1, -0.05) is 18.2 Å². The van der Waals surface area contributed by atoms with E-state index in [0.717, 1.165) is 11.1 Å². The van der Waals surface area contributed by atoms with Crippen molar-refractivity contribution in [2.45, 2.75) is 0 Å². The number of ether oxygens (including phenoxy) is 1. The highest BCUT2D eigenvalue weighted by Crippen LogP contribution is 2.25. The number of aromatic nitrogens is 1. The number of hydrogen-bond acceptors (Lipinski definition) is 4. The van der Waals surface area contributed by atoms with Crippen LogP contribution in [0.3, 0.4) is 0 Å². The smallest absolute Gasteiger partial charge is 0.356 e. The van der Waals surface area contributed by atoms with Gasteiger partial charge in [-0.25, -0.2) is 9.78 Å². The molecule has 0 spiro atoms. The number of nitrogen functional groups attached to an aromatic ring is 1. The number of rotatable bonds is 2. The molecule has 0 atom stereocenters. The molecule has 2 aromatic rings. The Hall–Kier alpha value is -2.36. The van der Waals surface area contributed by atoms with Crippen molar-refractivity contribution in [2.24, 2.45) is 0 Å². The Bertz CT molecular complexity index is 553. The summed E-state index contributed by atoms with van der Waals surface area (Å²) in [5.41, 5.74) is 8.53. The summed E-state index contributed by atoms with van der Waals surface area (Å²) >= 11 is 0. The van der Waals surface area contributed by atoms with E-state index >= 15 is 0 Å². The van der Waals surface area contributed by atoms with Crippen molar-refractivity contribution in [1.82, 2.24) is 4.98 Å². The molecule has 0 fully saturated rings. The zero-order valence-corrected chi connectivity index (χ0v) is 9.38. The second-order valence-electron chi connectivity index (χ2n) is 3.51. The Labute approximate surface area is 99.1 Å². The summed E-state index contributed by atoms with van der Waals surface area (Å²) < 4.78 is 4.62. The molecule has 0 saturated carbocycles. The number of esters is 1. The zero-order chi connectivity index (χ0) is 12.3.